The van der Waals surface area contributed by atoms with Crippen LogP contribution in [-0.4, -0.2) is 33.3 Å². The quantitative estimate of drug-likeness (QED) is 0.487. The lowest BCUT2D eigenvalue weighted by atomic mass is 10.1. The van der Waals surface area contributed by atoms with Crippen molar-refractivity contribution in [2.75, 3.05) is 13.1 Å². The molecule has 7 nitrogen and oxygen atoms in total. The third kappa shape index (κ3) is 6.13. The third-order valence-electron chi connectivity index (χ3n) is 4.45. The van der Waals surface area contributed by atoms with Gasteiger partial charge in [-0.05, 0) is 28.5 Å². The molecule has 0 radical (unpaired) electrons. The van der Waals surface area contributed by atoms with Crippen molar-refractivity contribution in [2.45, 2.75) is 17.9 Å². The predicted octanol–water partition coefficient (Wildman–Crippen LogP) is 1.94. The lowest BCUT2D eigenvalue weighted by Crippen LogP contribution is -2.38. The van der Waals surface area contributed by atoms with Gasteiger partial charge in [0.05, 0.1) is 11.4 Å². The molecule has 0 bridgehead atoms. The number of fused-ring (bicyclic) bond motifs is 1. The fourth-order valence-electron chi connectivity index (χ4n) is 2.84. The van der Waals surface area contributed by atoms with Gasteiger partial charge in [0.15, 0.2) is 0 Å². The van der Waals surface area contributed by atoms with Crippen molar-refractivity contribution in [3.63, 3.8) is 0 Å². The van der Waals surface area contributed by atoms with Gasteiger partial charge in [-0.15, -0.1) is 0 Å². The zero-order valence-electron chi connectivity index (χ0n) is 16.3. The molecule has 0 aliphatic heterocycles. The summed E-state index contributed by atoms with van der Waals surface area (Å²) in [5.41, 5.74) is 0.959. The van der Waals surface area contributed by atoms with Gasteiger partial charge in [-0.25, -0.2) is 13.1 Å². The second-order valence-electron chi connectivity index (χ2n) is 6.70. The topological polar surface area (TPSA) is 104 Å². The lowest BCUT2D eigenvalue weighted by Gasteiger charge is -2.09. The highest BCUT2D eigenvalue weighted by atomic mass is 32.2. The van der Waals surface area contributed by atoms with Crippen molar-refractivity contribution >= 4 is 32.6 Å². The summed E-state index contributed by atoms with van der Waals surface area (Å²) in [5.74, 6) is -0.727. The van der Waals surface area contributed by atoms with E-state index in [1.165, 1.54) is 6.07 Å². The van der Waals surface area contributed by atoms with E-state index in [2.05, 4.69) is 15.4 Å². The van der Waals surface area contributed by atoms with E-state index in [0.717, 1.165) is 16.3 Å². The first kappa shape index (κ1) is 21.5. The molecule has 2 amide bonds. The van der Waals surface area contributed by atoms with Gasteiger partial charge in [0.1, 0.15) is 0 Å². The summed E-state index contributed by atoms with van der Waals surface area (Å²) >= 11 is 0. The molecular formula is C22H23N3O4S. The molecular weight excluding hydrogens is 402 g/mol. The molecule has 30 heavy (non-hydrogen) atoms. The molecule has 3 aromatic rings. The Kier molecular flexibility index (Phi) is 7.16. The van der Waals surface area contributed by atoms with E-state index in [0.29, 0.717) is 6.54 Å². The minimum Gasteiger partial charge on any atom is -0.350 e. The van der Waals surface area contributed by atoms with Gasteiger partial charge in [-0.2, -0.15) is 0 Å². The van der Waals surface area contributed by atoms with Crippen molar-refractivity contribution in [3.8, 4) is 0 Å². The summed E-state index contributed by atoms with van der Waals surface area (Å²) in [6.45, 7) is 0.150. The van der Waals surface area contributed by atoms with Crippen molar-refractivity contribution in [1.82, 2.24) is 15.4 Å². The number of benzene rings is 3. The van der Waals surface area contributed by atoms with Gasteiger partial charge in [0.25, 0.3) is 0 Å². The van der Waals surface area contributed by atoms with Crippen LogP contribution in [0.1, 0.15) is 12.0 Å². The maximum absolute atomic E-state index is 12.4. The fourth-order valence-corrected chi connectivity index (χ4v) is 3.91. The minimum absolute atomic E-state index is 0.0629. The van der Waals surface area contributed by atoms with Crippen LogP contribution in [-0.2, 0) is 26.2 Å². The largest absolute Gasteiger partial charge is 0.350 e. The van der Waals surface area contributed by atoms with Crippen LogP contribution in [0.3, 0.4) is 0 Å². The Bertz CT molecular complexity index is 1130. The van der Waals surface area contributed by atoms with E-state index < -0.39 is 15.9 Å². The number of hydrogen-bond donors (Lipinski definition) is 3. The highest BCUT2D eigenvalue weighted by molar-refractivity contribution is 7.89. The summed E-state index contributed by atoms with van der Waals surface area (Å²) in [5, 5.41) is 6.95. The van der Waals surface area contributed by atoms with Gasteiger partial charge < -0.3 is 10.6 Å². The number of carbonyl (C=O) groups is 2. The molecule has 3 N–H and O–H groups in total. The van der Waals surface area contributed by atoms with Crippen molar-refractivity contribution < 1.29 is 18.0 Å². The van der Waals surface area contributed by atoms with Crippen molar-refractivity contribution in [2.24, 2.45) is 0 Å². The van der Waals surface area contributed by atoms with Crippen molar-refractivity contribution in [3.05, 3.63) is 78.4 Å². The normalized spacial score (nSPS) is 11.2. The zero-order chi connectivity index (χ0) is 21.4. The molecule has 0 aliphatic carbocycles. The fraction of sp³-hybridized carbons (Fsp3) is 0.182. The summed E-state index contributed by atoms with van der Waals surface area (Å²) in [7, 11) is -3.73. The van der Waals surface area contributed by atoms with E-state index in [-0.39, 0.29) is 30.3 Å². The van der Waals surface area contributed by atoms with Gasteiger partial charge in [-0.3, -0.25) is 9.59 Å². The average Bonchev–Trinajstić information content (AvgIpc) is 2.76. The molecule has 0 heterocycles. The van der Waals surface area contributed by atoms with Crippen LogP contribution in [0.25, 0.3) is 10.8 Å². The van der Waals surface area contributed by atoms with Crippen LogP contribution in [0.5, 0.6) is 0 Å². The minimum atomic E-state index is -3.73. The summed E-state index contributed by atoms with van der Waals surface area (Å²) in [6, 6.07) is 21.7. The van der Waals surface area contributed by atoms with Gasteiger partial charge >= 0.3 is 0 Å². The Morgan fingerprint density at radius 1 is 0.767 bits per heavy atom. The van der Waals surface area contributed by atoms with Crippen LogP contribution >= 0.6 is 0 Å². The summed E-state index contributed by atoms with van der Waals surface area (Å²) < 4.78 is 27.3. The Balaban J connectivity index is 1.41. The van der Waals surface area contributed by atoms with E-state index in [9.17, 15) is 18.0 Å². The molecule has 156 valence electrons. The van der Waals surface area contributed by atoms with Crippen LogP contribution < -0.4 is 15.4 Å². The molecule has 0 unspecified atom stereocenters. The Morgan fingerprint density at radius 2 is 1.47 bits per heavy atom. The van der Waals surface area contributed by atoms with Gasteiger partial charge in [-0.1, -0.05) is 60.7 Å². The summed E-state index contributed by atoms with van der Waals surface area (Å²) in [6.07, 6.45) is -0.0707. The predicted molar refractivity (Wildman–Crippen MR) is 115 cm³/mol. The Labute approximate surface area is 175 Å². The molecule has 0 aliphatic rings. The van der Waals surface area contributed by atoms with Gasteiger partial charge in [0, 0.05) is 19.5 Å². The van der Waals surface area contributed by atoms with Crippen molar-refractivity contribution in [1.29, 1.82) is 0 Å². The molecule has 0 saturated heterocycles. The van der Waals surface area contributed by atoms with Crippen LogP contribution in [0.15, 0.2) is 77.7 Å². The molecule has 3 rings (SSSR count). The van der Waals surface area contributed by atoms with Crippen LogP contribution in [0, 0.1) is 0 Å². The lowest BCUT2D eigenvalue weighted by molar-refractivity contribution is -0.126. The molecule has 0 fully saturated rings. The Hall–Kier alpha value is -3.23. The first-order valence-electron chi connectivity index (χ1n) is 9.50. The molecule has 8 heteroatoms. The highest BCUT2D eigenvalue weighted by Crippen LogP contribution is 2.18. The Morgan fingerprint density at radius 3 is 2.23 bits per heavy atom. The average molecular weight is 426 g/mol. The summed E-state index contributed by atoms with van der Waals surface area (Å²) in [4.78, 5) is 23.8. The smallest absolute Gasteiger partial charge is 0.240 e. The van der Waals surface area contributed by atoms with Crippen LogP contribution in [0.4, 0.5) is 0 Å². The third-order valence-corrected chi connectivity index (χ3v) is 5.91. The number of nitrogens with one attached hydrogen (secondary N) is 3. The molecule has 3 aromatic carbocycles. The second kappa shape index (κ2) is 10.00. The van der Waals surface area contributed by atoms with E-state index >= 15 is 0 Å². The standard InChI is InChI=1S/C22H23N3O4S/c26-21(24-16-22(27)23-15-17-6-2-1-3-7-17)12-13-25-30(28,29)20-11-10-18-8-4-5-9-19(18)14-20/h1-11,14,25H,12-13,15-16H2,(H,23,27)(H,24,26). The van der Waals surface area contributed by atoms with Gasteiger partial charge in [0.2, 0.25) is 21.8 Å². The number of hydrogen-bond acceptors (Lipinski definition) is 4. The SMILES string of the molecule is O=C(CCNS(=O)(=O)c1ccc2ccccc2c1)NCC(=O)NCc1ccccc1. The number of sulfonamides is 1. The first-order valence-corrected chi connectivity index (χ1v) is 11.0. The maximum Gasteiger partial charge on any atom is 0.240 e. The second-order valence-corrected chi connectivity index (χ2v) is 8.46. The molecule has 0 spiro atoms. The monoisotopic (exact) mass is 425 g/mol. The van der Waals surface area contributed by atoms with E-state index in [4.69, 9.17) is 0 Å². The number of carbonyl (C=O) groups excluding carboxylic acids is 2. The molecule has 0 atom stereocenters. The number of amides is 2. The molecule has 0 saturated carbocycles. The number of rotatable bonds is 9. The first-order chi connectivity index (χ1) is 14.4. The zero-order valence-corrected chi connectivity index (χ0v) is 17.1. The van der Waals surface area contributed by atoms with E-state index in [1.54, 1.807) is 12.1 Å². The van der Waals surface area contributed by atoms with E-state index in [1.807, 2.05) is 54.6 Å². The molecule has 0 aromatic heterocycles. The maximum atomic E-state index is 12.4. The van der Waals surface area contributed by atoms with Crippen LogP contribution in [0.2, 0.25) is 0 Å². The highest BCUT2D eigenvalue weighted by Gasteiger charge is 2.15.